The van der Waals surface area contributed by atoms with Gasteiger partial charge in [0.15, 0.2) is 0 Å². The summed E-state index contributed by atoms with van der Waals surface area (Å²) >= 11 is 2.92. The lowest BCUT2D eigenvalue weighted by Gasteiger charge is -2.19. The zero-order valence-electron chi connectivity index (χ0n) is 13.5. The van der Waals surface area contributed by atoms with E-state index >= 15 is 0 Å². The largest absolute Gasteiger partial charge is 0.349 e. The van der Waals surface area contributed by atoms with Crippen molar-refractivity contribution in [1.29, 1.82) is 0 Å². The van der Waals surface area contributed by atoms with E-state index in [-0.39, 0.29) is 11.8 Å². The van der Waals surface area contributed by atoms with E-state index < -0.39 is 6.04 Å². The van der Waals surface area contributed by atoms with Gasteiger partial charge in [0, 0.05) is 5.38 Å². The summed E-state index contributed by atoms with van der Waals surface area (Å²) < 4.78 is 0. The van der Waals surface area contributed by atoms with Gasteiger partial charge in [-0.15, -0.1) is 22.7 Å². The van der Waals surface area contributed by atoms with Gasteiger partial charge in [0.25, 0.3) is 5.91 Å². The molecule has 0 radical (unpaired) electrons. The van der Waals surface area contributed by atoms with Gasteiger partial charge in [-0.1, -0.05) is 19.9 Å². The molecular weight excluding hydrogens is 330 g/mol. The monoisotopic (exact) mass is 351 g/mol. The molecule has 0 saturated carbocycles. The van der Waals surface area contributed by atoms with Crippen LogP contribution in [0.3, 0.4) is 0 Å². The van der Waals surface area contributed by atoms with Gasteiger partial charge in [-0.3, -0.25) is 9.59 Å². The average Bonchev–Trinajstić information content (AvgIpc) is 3.14. The molecule has 2 rings (SSSR count). The van der Waals surface area contributed by atoms with E-state index in [9.17, 15) is 9.59 Å². The highest BCUT2D eigenvalue weighted by Gasteiger charge is 2.22. The second-order valence-corrected chi connectivity index (χ2v) is 7.72. The first-order valence-electron chi connectivity index (χ1n) is 7.48. The van der Waals surface area contributed by atoms with Crippen molar-refractivity contribution in [1.82, 2.24) is 15.6 Å². The number of carbonyl (C=O) groups excluding carboxylic acids is 2. The number of hydrogen-bond donors (Lipinski definition) is 2. The molecular formula is C16H21N3O2S2. The van der Waals surface area contributed by atoms with E-state index in [2.05, 4.69) is 15.6 Å². The molecule has 23 heavy (non-hydrogen) atoms. The molecule has 2 heterocycles. The Hall–Kier alpha value is -1.73. The molecule has 2 aromatic rings. The van der Waals surface area contributed by atoms with Crippen LogP contribution in [0.5, 0.6) is 0 Å². The zero-order valence-corrected chi connectivity index (χ0v) is 15.1. The molecule has 2 N–H and O–H groups in total. The van der Waals surface area contributed by atoms with Gasteiger partial charge >= 0.3 is 0 Å². The summed E-state index contributed by atoms with van der Waals surface area (Å²) in [6.07, 6.45) is 0.596. The molecule has 0 aromatic carbocycles. The molecule has 2 aromatic heterocycles. The highest BCUT2D eigenvalue weighted by atomic mass is 32.1. The number of aromatic nitrogens is 1. The maximum atomic E-state index is 12.4. The van der Waals surface area contributed by atoms with Gasteiger partial charge in [0.1, 0.15) is 6.04 Å². The highest BCUT2D eigenvalue weighted by molar-refractivity contribution is 7.12. The molecule has 0 aliphatic heterocycles. The van der Waals surface area contributed by atoms with Crippen molar-refractivity contribution in [2.24, 2.45) is 5.92 Å². The lowest BCUT2D eigenvalue weighted by Crippen LogP contribution is -2.47. The number of thiazole rings is 1. The van der Waals surface area contributed by atoms with Crippen LogP contribution in [0.1, 0.15) is 40.6 Å². The number of nitrogens with one attached hydrogen (secondary N) is 2. The van der Waals surface area contributed by atoms with Gasteiger partial charge < -0.3 is 10.6 Å². The predicted octanol–water partition coefficient (Wildman–Crippen LogP) is 2.97. The first kappa shape index (κ1) is 17.6. The first-order valence-corrected chi connectivity index (χ1v) is 9.24. The highest BCUT2D eigenvalue weighted by Crippen LogP contribution is 2.11. The molecule has 0 saturated heterocycles. The number of thiophene rings is 1. The van der Waals surface area contributed by atoms with Crippen LogP contribution in [-0.4, -0.2) is 22.8 Å². The molecule has 124 valence electrons. The van der Waals surface area contributed by atoms with E-state index in [1.165, 1.54) is 11.3 Å². The number of nitrogens with zero attached hydrogens (tertiary/aromatic N) is 1. The number of hydrogen-bond acceptors (Lipinski definition) is 5. The fourth-order valence-corrected chi connectivity index (χ4v) is 3.37. The third-order valence-electron chi connectivity index (χ3n) is 3.18. The zero-order chi connectivity index (χ0) is 16.8. The van der Waals surface area contributed by atoms with Crippen molar-refractivity contribution < 1.29 is 9.59 Å². The quantitative estimate of drug-likeness (QED) is 0.805. The number of carbonyl (C=O) groups is 2. The molecule has 0 fully saturated rings. The van der Waals surface area contributed by atoms with Gasteiger partial charge in [0.2, 0.25) is 5.91 Å². The van der Waals surface area contributed by atoms with Crippen molar-refractivity contribution in [2.75, 3.05) is 0 Å². The van der Waals surface area contributed by atoms with Gasteiger partial charge in [-0.25, -0.2) is 4.98 Å². The van der Waals surface area contributed by atoms with E-state index in [1.54, 1.807) is 17.4 Å². The van der Waals surface area contributed by atoms with Crippen LogP contribution in [0.15, 0.2) is 22.9 Å². The molecule has 5 nitrogen and oxygen atoms in total. The number of amides is 2. The summed E-state index contributed by atoms with van der Waals surface area (Å²) in [5.74, 6) is -0.0736. The van der Waals surface area contributed by atoms with Crippen molar-refractivity contribution in [2.45, 2.75) is 39.8 Å². The average molecular weight is 351 g/mol. The predicted molar refractivity (Wildman–Crippen MR) is 93.7 cm³/mol. The molecule has 2 amide bonds. The Labute approximate surface area is 144 Å². The van der Waals surface area contributed by atoms with Gasteiger partial charge in [-0.05, 0) is 30.7 Å². The van der Waals surface area contributed by atoms with E-state index in [0.717, 1.165) is 10.7 Å². The Morgan fingerprint density at radius 1 is 1.30 bits per heavy atom. The second-order valence-electron chi connectivity index (χ2n) is 5.71. The maximum Gasteiger partial charge on any atom is 0.261 e. The van der Waals surface area contributed by atoms with Crippen LogP contribution >= 0.6 is 22.7 Å². The summed E-state index contributed by atoms with van der Waals surface area (Å²) in [4.78, 5) is 29.5. The van der Waals surface area contributed by atoms with Crippen molar-refractivity contribution in [3.63, 3.8) is 0 Å². The van der Waals surface area contributed by atoms with Crippen molar-refractivity contribution >= 4 is 34.5 Å². The standard InChI is InChI=1S/C16H21N3O2S2/c1-10(2)7-13(19-16(21)14-5-4-6-22-14)15(20)17-8-12-9-23-11(3)18-12/h4-6,9-10,13H,7-8H2,1-3H3,(H,17,20)(H,19,21)/t13-/m0/s1. The second kappa shape index (κ2) is 8.21. The number of aryl methyl sites for hydroxylation is 1. The van der Waals surface area contributed by atoms with Crippen LogP contribution in [0.2, 0.25) is 0 Å². The number of rotatable bonds is 7. The molecule has 0 bridgehead atoms. The lowest BCUT2D eigenvalue weighted by molar-refractivity contribution is -0.123. The van der Waals surface area contributed by atoms with Crippen LogP contribution < -0.4 is 10.6 Å². The van der Waals surface area contributed by atoms with Crippen molar-refractivity contribution in [3.8, 4) is 0 Å². The summed E-state index contributed by atoms with van der Waals surface area (Å²) in [6.45, 7) is 6.37. The molecule has 0 unspecified atom stereocenters. The molecule has 0 aliphatic carbocycles. The van der Waals surface area contributed by atoms with Crippen LogP contribution in [-0.2, 0) is 11.3 Å². The topological polar surface area (TPSA) is 71.1 Å². The van der Waals surface area contributed by atoms with E-state index in [1.807, 2.05) is 37.6 Å². The van der Waals surface area contributed by atoms with Gasteiger partial charge in [-0.2, -0.15) is 0 Å². The Bertz CT molecular complexity index is 650. The maximum absolute atomic E-state index is 12.4. The van der Waals surface area contributed by atoms with Gasteiger partial charge in [0.05, 0.1) is 22.1 Å². The molecule has 1 atom stereocenters. The first-order chi connectivity index (χ1) is 11.0. The minimum absolute atomic E-state index is 0.172. The molecule has 0 spiro atoms. The normalized spacial score (nSPS) is 12.2. The van der Waals surface area contributed by atoms with E-state index in [0.29, 0.717) is 23.8 Å². The summed E-state index contributed by atoms with van der Waals surface area (Å²) in [5, 5.41) is 10.4. The summed E-state index contributed by atoms with van der Waals surface area (Å²) in [5.41, 5.74) is 0.841. The van der Waals surface area contributed by atoms with Crippen LogP contribution in [0.25, 0.3) is 0 Å². The summed E-state index contributed by atoms with van der Waals surface area (Å²) in [7, 11) is 0. The summed E-state index contributed by atoms with van der Waals surface area (Å²) in [6, 6.07) is 3.04. The fourth-order valence-electron chi connectivity index (χ4n) is 2.13. The minimum Gasteiger partial charge on any atom is -0.349 e. The Morgan fingerprint density at radius 2 is 2.09 bits per heavy atom. The third kappa shape index (κ3) is 5.44. The third-order valence-corrected chi connectivity index (χ3v) is 4.88. The SMILES string of the molecule is Cc1nc(CNC(=O)[C@H](CC(C)C)NC(=O)c2cccs2)cs1. The minimum atomic E-state index is -0.538. The Balaban J connectivity index is 1.96. The lowest BCUT2D eigenvalue weighted by atomic mass is 10.0. The molecule has 7 heteroatoms. The molecule has 0 aliphatic rings. The Kier molecular flexibility index (Phi) is 6.29. The van der Waals surface area contributed by atoms with E-state index in [4.69, 9.17) is 0 Å². The van der Waals surface area contributed by atoms with Crippen molar-refractivity contribution in [3.05, 3.63) is 38.5 Å². The van der Waals surface area contributed by atoms with Crippen LogP contribution in [0, 0.1) is 12.8 Å². The fraction of sp³-hybridized carbons (Fsp3) is 0.438. The van der Waals surface area contributed by atoms with Crippen LogP contribution in [0.4, 0.5) is 0 Å². The smallest absolute Gasteiger partial charge is 0.261 e. The Morgan fingerprint density at radius 3 is 2.65 bits per heavy atom.